The molecule has 4 nitrogen and oxygen atoms in total. The second-order valence-corrected chi connectivity index (χ2v) is 9.23. The standard InChI is InChI=1S/C25H25FN4/c26-22-11-17(5-6-19(22)13-27)18-7-9-24-23(12-18)28-25-10-16-4-8-21(15-30(24)25)29(14-16)20-2-1-3-20/h5-7,9,11-12,16,20-21H,1-4,8,10,14-15H2. The third kappa shape index (κ3) is 2.86. The van der Waals surface area contributed by atoms with Crippen LogP contribution in [0.3, 0.4) is 0 Å². The summed E-state index contributed by atoms with van der Waals surface area (Å²) in [6, 6.07) is 14.4. The van der Waals surface area contributed by atoms with Crippen LogP contribution >= 0.6 is 0 Å². The summed E-state index contributed by atoms with van der Waals surface area (Å²) in [5, 5.41) is 8.97. The Morgan fingerprint density at radius 2 is 1.80 bits per heavy atom. The SMILES string of the molecule is N#Cc1ccc(-c2ccc3c(c2)nc2n3CC3CCC(C2)CN3C2CCC2)cc1F. The molecule has 4 heterocycles. The first-order valence-electron chi connectivity index (χ1n) is 11.1. The van der Waals surface area contributed by atoms with Crippen LogP contribution in [0.25, 0.3) is 22.2 Å². The van der Waals surface area contributed by atoms with Crippen LogP contribution in [0.1, 0.15) is 43.5 Å². The smallest absolute Gasteiger partial charge is 0.141 e. The first kappa shape index (κ1) is 18.1. The van der Waals surface area contributed by atoms with Crippen LogP contribution in [0, 0.1) is 23.1 Å². The Labute approximate surface area is 175 Å². The minimum Gasteiger partial charge on any atom is -0.326 e. The average Bonchev–Trinajstić information content (AvgIpc) is 3.01. The van der Waals surface area contributed by atoms with Gasteiger partial charge in [0.25, 0.3) is 0 Å². The molecule has 1 aromatic heterocycles. The fourth-order valence-corrected chi connectivity index (χ4v) is 5.63. The summed E-state index contributed by atoms with van der Waals surface area (Å²) in [5.41, 5.74) is 3.98. The van der Waals surface area contributed by atoms with E-state index in [1.54, 1.807) is 6.07 Å². The maximum absolute atomic E-state index is 14.1. The van der Waals surface area contributed by atoms with Crippen LogP contribution in [-0.2, 0) is 13.0 Å². The van der Waals surface area contributed by atoms with E-state index in [4.69, 9.17) is 10.2 Å². The van der Waals surface area contributed by atoms with E-state index >= 15 is 0 Å². The van der Waals surface area contributed by atoms with Crippen LogP contribution in [0.4, 0.5) is 4.39 Å². The Morgan fingerprint density at radius 3 is 2.57 bits per heavy atom. The second-order valence-electron chi connectivity index (χ2n) is 9.23. The number of rotatable bonds is 2. The van der Waals surface area contributed by atoms with Crippen LogP contribution in [0.5, 0.6) is 0 Å². The lowest BCUT2D eigenvalue weighted by atomic mass is 9.82. The third-order valence-corrected chi connectivity index (χ3v) is 7.50. The van der Waals surface area contributed by atoms with Crippen molar-refractivity contribution < 1.29 is 4.39 Å². The molecule has 7 rings (SSSR count). The number of hydrogen-bond donors (Lipinski definition) is 0. The van der Waals surface area contributed by atoms with E-state index in [0.717, 1.165) is 35.7 Å². The molecule has 0 N–H and O–H groups in total. The molecular weight excluding hydrogens is 375 g/mol. The maximum Gasteiger partial charge on any atom is 0.141 e. The Hall–Kier alpha value is -2.71. The first-order valence-corrected chi connectivity index (χ1v) is 11.1. The van der Waals surface area contributed by atoms with Gasteiger partial charge in [-0.2, -0.15) is 5.26 Å². The van der Waals surface area contributed by atoms with Gasteiger partial charge in [-0.3, -0.25) is 4.90 Å². The van der Waals surface area contributed by atoms with Crippen molar-refractivity contribution in [1.29, 1.82) is 5.26 Å². The molecule has 2 bridgehead atoms. The minimum absolute atomic E-state index is 0.0799. The van der Waals surface area contributed by atoms with Gasteiger partial charge >= 0.3 is 0 Å². The van der Waals surface area contributed by atoms with Crippen LogP contribution in [-0.4, -0.2) is 33.1 Å². The van der Waals surface area contributed by atoms with E-state index in [2.05, 4.69) is 27.7 Å². The predicted octanol–water partition coefficient (Wildman–Crippen LogP) is 4.90. The van der Waals surface area contributed by atoms with E-state index in [-0.39, 0.29) is 5.56 Å². The minimum atomic E-state index is -0.472. The molecule has 152 valence electrons. The first-order chi connectivity index (χ1) is 14.7. The van der Waals surface area contributed by atoms with Gasteiger partial charge < -0.3 is 4.57 Å². The highest BCUT2D eigenvalue weighted by atomic mass is 19.1. The van der Waals surface area contributed by atoms with E-state index in [1.165, 1.54) is 56.1 Å². The molecule has 1 saturated carbocycles. The zero-order valence-corrected chi connectivity index (χ0v) is 17.0. The molecule has 4 aliphatic rings. The highest BCUT2D eigenvalue weighted by Gasteiger charge is 2.38. The maximum atomic E-state index is 14.1. The second kappa shape index (κ2) is 6.92. The predicted molar refractivity (Wildman–Crippen MR) is 114 cm³/mol. The molecule has 0 amide bonds. The molecule has 30 heavy (non-hydrogen) atoms. The summed E-state index contributed by atoms with van der Waals surface area (Å²) in [6.45, 7) is 2.26. The number of nitrogens with zero attached hydrogens (tertiary/aromatic N) is 4. The lowest BCUT2D eigenvalue weighted by Crippen LogP contribution is -2.54. The molecule has 2 unspecified atom stereocenters. The largest absolute Gasteiger partial charge is 0.326 e. The van der Waals surface area contributed by atoms with Crippen molar-refractivity contribution in [1.82, 2.24) is 14.5 Å². The summed E-state index contributed by atoms with van der Waals surface area (Å²) in [5.74, 6) is 1.43. The van der Waals surface area contributed by atoms with E-state index in [1.807, 2.05) is 12.1 Å². The van der Waals surface area contributed by atoms with Crippen LogP contribution in [0.2, 0.25) is 0 Å². The quantitative estimate of drug-likeness (QED) is 0.614. The normalized spacial score (nSPS) is 24.1. The summed E-state index contributed by atoms with van der Waals surface area (Å²) in [4.78, 5) is 7.82. The molecule has 1 saturated heterocycles. The summed E-state index contributed by atoms with van der Waals surface area (Å²) in [6.07, 6.45) is 7.77. The topological polar surface area (TPSA) is 44.9 Å². The number of imidazole rings is 1. The number of halogens is 1. The van der Waals surface area contributed by atoms with Crippen molar-refractivity contribution >= 4 is 11.0 Å². The Bertz CT molecular complexity index is 1170. The summed E-state index contributed by atoms with van der Waals surface area (Å²) in [7, 11) is 0. The van der Waals surface area contributed by atoms with Crippen molar-refractivity contribution in [3.63, 3.8) is 0 Å². The van der Waals surface area contributed by atoms with Gasteiger partial charge in [-0.25, -0.2) is 9.37 Å². The fourth-order valence-electron chi connectivity index (χ4n) is 5.63. The molecule has 5 heteroatoms. The van der Waals surface area contributed by atoms with Gasteiger partial charge in [0.1, 0.15) is 17.7 Å². The Morgan fingerprint density at radius 1 is 0.967 bits per heavy atom. The van der Waals surface area contributed by atoms with Crippen molar-refractivity contribution in [3.8, 4) is 17.2 Å². The number of aromatic nitrogens is 2. The molecule has 0 radical (unpaired) electrons. The summed E-state index contributed by atoms with van der Waals surface area (Å²) < 4.78 is 16.6. The highest BCUT2D eigenvalue weighted by Crippen LogP contribution is 2.37. The highest BCUT2D eigenvalue weighted by molar-refractivity contribution is 5.83. The average molecular weight is 401 g/mol. The van der Waals surface area contributed by atoms with Crippen molar-refractivity contribution in [2.24, 2.45) is 5.92 Å². The fraction of sp³-hybridized carbons (Fsp3) is 0.440. The van der Waals surface area contributed by atoms with Crippen molar-refractivity contribution in [2.45, 2.75) is 57.2 Å². The Balaban J connectivity index is 1.38. The number of nitriles is 1. The zero-order chi connectivity index (χ0) is 20.2. The molecule has 3 aromatic rings. The van der Waals surface area contributed by atoms with Gasteiger partial charge in [0, 0.05) is 31.6 Å². The lowest BCUT2D eigenvalue weighted by Gasteiger charge is -2.49. The number of piperidine rings is 1. The number of benzene rings is 2. The molecule has 2 aromatic carbocycles. The number of hydrogen-bond acceptors (Lipinski definition) is 3. The third-order valence-electron chi connectivity index (χ3n) is 7.50. The molecule has 0 spiro atoms. The van der Waals surface area contributed by atoms with Gasteiger partial charge in [-0.15, -0.1) is 0 Å². The molecular formula is C25H25FN4. The molecule has 2 fully saturated rings. The number of fused-ring (bicyclic) bond motifs is 3. The molecule has 1 aliphatic carbocycles. The van der Waals surface area contributed by atoms with Crippen LogP contribution < -0.4 is 0 Å². The van der Waals surface area contributed by atoms with E-state index < -0.39 is 5.82 Å². The van der Waals surface area contributed by atoms with Gasteiger partial charge in [0.15, 0.2) is 0 Å². The van der Waals surface area contributed by atoms with Gasteiger partial charge in [-0.1, -0.05) is 18.6 Å². The summed E-state index contributed by atoms with van der Waals surface area (Å²) >= 11 is 0. The van der Waals surface area contributed by atoms with Crippen molar-refractivity contribution in [3.05, 3.63) is 53.6 Å². The van der Waals surface area contributed by atoms with E-state index in [9.17, 15) is 4.39 Å². The van der Waals surface area contributed by atoms with Gasteiger partial charge in [0.2, 0.25) is 0 Å². The monoisotopic (exact) mass is 400 g/mol. The van der Waals surface area contributed by atoms with E-state index in [0.29, 0.717) is 12.0 Å². The van der Waals surface area contributed by atoms with Gasteiger partial charge in [-0.05, 0) is 67.0 Å². The molecule has 3 aliphatic heterocycles. The van der Waals surface area contributed by atoms with Crippen LogP contribution in [0.15, 0.2) is 36.4 Å². The Kier molecular flexibility index (Phi) is 4.17. The molecule has 2 atom stereocenters. The van der Waals surface area contributed by atoms with Crippen molar-refractivity contribution in [2.75, 3.05) is 6.54 Å². The lowest BCUT2D eigenvalue weighted by molar-refractivity contribution is 0.0131. The zero-order valence-electron chi connectivity index (χ0n) is 17.0. The van der Waals surface area contributed by atoms with Gasteiger partial charge in [0.05, 0.1) is 16.6 Å².